The first-order valence-electron chi connectivity index (χ1n) is 10.3. The average Bonchev–Trinajstić information content (AvgIpc) is 3.03. The zero-order valence-corrected chi connectivity index (χ0v) is 18.6. The normalized spacial score (nSPS) is 19.8. The molecule has 2 heterocycles. The molecule has 1 N–H and O–H groups in total. The third-order valence-corrected chi connectivity index (χ3v) is 7.37. The number of piperidine rings is 1. The Morgan fingerprint density at radius 1 is 1.12 bits per heavy atom. The van der Waals surface area contributed by atoms with Crippen molar-refractivity contribution in [1.29, 1.82) is 0 Å². The van der Waals surface area contributed by atoms with Crippen LogP contribution >= 0.6 is 0 Å². The van der Waals surface area contributed by atoms with Crippen molar-refractivity contribution in [3.05, 3.63) is 58.8 Å². The van der Waals surface area contributed by atoms with E-state index >= 15 is 0 Å². The third kappa shape index (κ3) is 4.46. The molecule has 4 rings (SSSR count). The van der Waals surface area contributed by atoms with Crippen LogP contribution in [0.25, 0.3) is 11.1 Å². The Hall–Kier alpha value is -2.98. The van der Waals surface area contributed by atoms with Gasteiger partial charge in [0.05, 0.1) is 10.4 Å². The van der Waals surface area contributed by atoms with Gasteiger partial charge in [0.25, 0.3) is 0 Å². The monoisotopic (exact) mass is 461 g/mol. The SMILES string of the molecule is C[C@@H]1C[C@H](C)CN(S(=O)(=O)c2ccc3c(c2)oc(=O)n3CC(=O)Nc2ccc(F)cc2)C1. The van der Waals surface area contributed by atoms with E-state index in [1.54, 1.807) is 0 Å². The van der Waals surface area contributed by atoms with Gasteiger partial charge >= 0.3 is 5.76 Å². The lowest BCUT2D eigenvalue weighted by atomic mass is 9.94. The maximum absolute atomic E-state index is 13.1. The predicted molar refractivity (Wildman–Crippen MR) is 117 cm³/mol. The van der Waals surface area contributed by atoms with Crippen molar-refractivity contribution in [3.8, 4) is 0 Å². The molecule has 0 radical (unpaired) electrons. The van der Waals surface area contributed by atoms with E-state index in [9.17, 15) is 22.4 Å². The lowest BCUT2D eigenvalue weighted by Gasteiger charge is -2.34. The Bertz CT molecular complexity index is 1300. The summed E-state index contributed by atoms with van der Waals surface area (Å²) in [4.78, 5) is 24.7. The van der Waals surface area contributed by atoms with Crippen LogP contribution in [0.15, 0.2) is 56.6 Å². The van der Waals surface area contributed by atoms with Gasteiger partial charge in [0, 0.05) is 24.8 Å². The van der Waals surface area contributed by atoms with E-state index in [0.29, 0.717) is 24.3 Å². The quantitative estimate of drug-likeness (QED) is 0.629. The Morgan fingerprint density at radius 3 is 2.44 bits per heavy atom. The highest BCUT2D eigenvalue weighted by molar-refractivity contribution is 7.89. The number of amides is 1. The molecule has 32 heavy (non-hydrogen) atoms. The molecule has 10 heteroatoms. The molecule has 170 valence electrons. The molecular weight excluding hydrogens is 437 g/mol. The van der Waals surface area contributed by atoms with Gasteiger partial charge in [-0.05, 0) is 54.7 Å². The number of aromatic nitrogens is 1. The summed E-state index contributed by atoms with van der Waals surface area (Å²) < 4.78 is 47.1. The lowest BCUT2D eigenvalue weighted by molar-refractivity contribution is -0.116. The fourth-order valence-electron chi connectivity index (χ4n) is 4.19. The summed E-state index contributed by atoms with van der Waals surface area (Å²) in [5.74, 6) is -1.19. The second kappa shape index (κ2) is 8.51. The van der Waals surface area contributed by atoms with Crippen LogP contribution in [0, 0.1) is 17.7 Å². The van der Waals surface area contributed by atoms with Crippen LogP contribution in [-0.2, 0) is 21.4 Å². The molecule has 0 saturated carbocycles. The van der Waals surface area contributed by atoms with Crippen molar-refractivity contribution in [2.75, 3.05) is 18.4 Å². The lowest BCUT2D eigenvalue weighted by Crippen LogP contribution is -2.42. The number of carbonyl (C=O) groups excluding carboxylic acids is 1. The molecule has 1 aliphatic rings. The molecule has 8 nitrogen and oxygen atoms in total. The minimum absolute atomic E-state index is 0.0444. The zero-order valence-electron chi connectivity index (χ0n) is 17.7. The minimum atomic E-state index is -3.74. The van der Waals surface area contributed by atoms with Crippen molar-refractivity contribution in [3.63, 3.8) is 0 Å². The predicted octanol–water partition coefficient (Wildman–Crippen LogP) is 3.04. The second-order valence-electron chi connectivity index (χ2n) is 8.41. The number of benzene rings is 2. The Balaban J connectivity index is 1.58. The number of nitrogens with zero attached hydrogens (tertiary/aromatic N) is 2. The van der Waals surface area contributed by atoms with Gasteiger partial charge in [0.15, 0.2) is 5.58 Å². The highest BCUT2D eigenvalue weighted by atomic mass is 32.2. The molecule has 0 bridgehead atoms. The molecule has 2 atom stereocenters. The molecule has 1 aliphatic heterocycles. The highest BCUT2D eigenvalue weighted by Gasteiger charge is 2.32. The maximum atomic E-state index is 13.1. The number of sulfonamides is 1. The van der Waals surface area contributed by atoms with E-state index in [2.05, 4.69) is 5.32 Å². The van der Waals surface area contributed by atoms with Crippen molar-refractivity contribution in [1.82, 2.24) is 8.87 Å². The molecule has 1 amide bonds. The van der Waals surface area contributed by atoms with E-state index in [4.69, 9.17) is 4.42 Å². The maximum Gasteiger partial charge on any atom is 0.420 e. The summed E-state index contributed by atoms with van der Waals surface area (Å²) in [6, 6.07) is 9.44. The average molecular weight is 462 g/mol. The number of halogens is 1. The summed E-state index contributed by atoms with van der Waals surface area (Å²) in [7, 11) is -3.74. The molecule has 3 aromatic rings. The van der Waals surface area contributed by atoms with Crippen molar-refractivity contribution >= 4 is 32.7 Å². The van der Waals surface area contributed by atoms with Gasteiger partial charge in [-0.15, -0.1) is 0 Å². The van der Waals surface area contributed by atoms with Crippen LogP contribution in [-0.4, -0.2) is 36.3 Å². The molecule has 1 fully saturated rings. The van der Waals surface area contributed by atoms with Crippen molar-refractivity contribution < 1.29 is 22.0 Å². The molecule has 0 spiro atoms. The summed E-state index contributed by atoms with van der Waals surface area (Å²) in [6.07, 6.45) is 0.975. The van der Waals surface area contributed by atoms with Gasteiger partial charge in [0.1, 0.15) is 12.4 Å². The number of hydrogen-bond acceptors (Lipinski definition) is 5. The second-order valence-corrected chi connectivity index (χ2v) is 10.3. The van der Waals surface area contributed by atoms with Gasteiger partial charge in [-0.1, -0.05) is 13.8 Å². The zero-order chi connectivity index (χ0) is 23.0. The first-order chi connectivity index (χ1) is 15.1. The summed E-state index contributed by atoms with van der Waals surface area (Å²) in [5.41, 5.74) is 0.781. The minimum Gasteiger partial charge on any atom is -0.408 e. The van der Waals surface area contributed by atoms with E-state index in [1.807, 2.05) is 13.8 Å². The van der Waals surface area contributed by atoms with Crippen LogP contribution in [0.2, 0.25) is 0 Å². The third-order valence-electron chi connectivity index (χ3n) is 5.54. The van der Waals surface area contributed by atoms with Crippen LogP contribution in [0.5, 0.6) is 0 Å². The smallest absolute Gasteiger partial charge is 0.408 e. The van der Waals surface area contributed by atoms with Crippen molar-refractivity contribution in [2.24, 2.45) is 11.8 Å². The number of hydrogen-bond donors (Lipinski definition) is 1. The highest BCUT2D eigenvalue weighted by Crippen LogP contribution is 2.28. The Kier molecular flexibility index (Phi) is 5.91. The number of carbonyl (C=O) groups is 1. The van der Waals surface area contributed by atoms with E-state index in [0.717, 1.165) is 11.0 Å². The van der Waals surface area contributed by atoms with Gasteiger partial charge in [-0.2, -0.15) is 4.31 Å². The first-order valence-corrected chi connectivity index (χ1v) is 11.8. The fourth-order valence-corrected chi connectivity index (χ4v) is 5.88. The van der Waals surface area contributed by atoms with E-state index < -0.39 is 27.5 Å². The summed E-state index contributed by atoms with van der Waals surface area (Å²) >= 11 is 0. The number of oxazole rings is 1. The Morgan fingerprint density at radius 2 is 1.78 bits per heavy atom. The molecule has 2 aromatic carbocycles. The standard InChI is InChI=1S/C22H24FN3O5S/c1-14-9-15(2)12-25(11-14)32(29,30)18-7-8-19-20(10-18)31-22(28)26(19)13-21(27)24-17-5-3-16(23)4-6-17/h3-8,10,14-15H,9,11-13H2,1-2H3,(H,24,27)/t14-,15+. The number of fused-ring (bicyclic) bond motifs is 1. The number of rotatable bonds is 5. The molecule has 0 unspecified atom stereocenters. The largest absolute Gasteiger partial charge is 0.420 e. The Labute approximate surface area is 184 Å². The van der Waals surface area contributed by atoms with Crippen LogP contribution in [0.1, 0.15) is 20.3 Å². The topological polar surface area (TPSA) is 102 Å². The van der Waals surface area contributed by atoms with Gasteiger partial charge in [0.2, 0.25) is 15.9 Å². The van der Waals surface area contributed by atoms with E-state index in [1.165, 1.54) is 46.8 Å². The van der Waals surface area contributed by atoms with Crippen molar-refractivity contribution in [2.45, 2.75) is 31.7 Å². The molecular formula is C22H24FN3O5S. The number of nitrogens with one attached hydrogen (secondary N) is 1. The van der Waals surface area contributed by atoms with Crippen LogP contribution in [0.4, 0.5) is 10.1 Å². The molecule has 1 aromatic heterocycles. The first kappa shape index (κ1) is 22.2. The molecule has 0 aliphatic carbocycles. The van der Waals surface area contributed by atoms with Crippen LogP contribution in [0.3, 0.4) is 0 Å². The van der Waals surface area contributed by atoms with E-state index in [-0.39, 0.29) is 28.9 Å². The molecule has 1 saturated heterocycles. The van der Waals surface area contributed by atoms with Gasteiger partial charge in [-0.25, -0.2) is 17.6 Å². The van der Waals surface area contributed by atoms with Crippen LogP contribution < -0.4 is 11.1 Å². The fraction of sp³-hybridized carbons (Fsp3) is 0.364. The van der Waals surface area contributed by atoms with Gasteiger partial charge < -0.3 is 9.73 Å². The van der Waals surface area contributed by atoms with Gasteiger partial charge in [-0.3, -0.25) is 9.36 Å². The summed E-state index contributed by atoms with van der Waals surface area (Å²) in [6.45, 7) is 4.60. The number of anilines is 1. The summed E-state index contributed by atoms with van der Waals surface area (Å²) in [5, 5.41) is 2.58.